The average Bonchev–Trinajstić information content (AvgIpc) is 3.06. The van der Waals surface area contributed by atoms with Crippen LogP contribution in [0.15, 0.2) is 24.3 Å². The Kier molecular flexibility index (Phi) is 3.87. The van der Waals surface area contributed by atoms with Crippen molar-refractivity contribution < 1.29 is 18.0 Å². The monoisotopic (exact) mass is 364 g/mol. The van der Waals surface area contributed by atoms with Crippen LogP contribution in [0.3, 0.4) is 0 Å². The summed E-state index contributed by atoms with van der Waals surface area (Å²) in [5.41, 5.74) is 5.75. The van der Waals surface area contributed by atoms with E-state index in [1.165, 1.54) is 16.1 Å². The second-order valence-electron chi connectivity index (χ2n) is 7.13. The van der Waals surface area contributed by atoms with Crippen LogP contribution in [0.4, 0.5) is 10.5 Å². The van der Waals surface area contributed by atoms with Gasteiger partial charge in [0.25, 0.3) is 0 Å². The molecule has 2 aliphatic heterocycles. The van der Waals surface area contributed by atoms with Crippen molar-refractivity contribution >= 4 is 27.5 Å². The maximum absolute atomic E-state index is 12.7. The zero-order valence-electron chi connectivity index (χ0n) is 14.5. The molecule has 3 amide bonds. The Morgan fingerprint density at radius 1 is 1.24 bits per heavy atom. The molecule has 1 radical (unpaired) electrons. The van der Waals surface area contributed by atoms with Crippen molar-refractivity contribution in [1.29, 1.82) is 0 Å². The summed E-state index contributed by atoms with van der Waals surface area (Å²) >= 11 is 0. The lowest BCUT2D eigenvalue weighted by Gasteiger charge is -2.25. The Morgan fingerprint density at radius 3 is 2.32 bits per heavy atom. The van der Waals surface area contributed by atoms with Crippen molar-refractivity contribution in [2.45, 2.75) is 30.6 Å². The van der Waals surface area contributed by atoms with E-state index in [1.807, 2.05) is 0 Å². The fourth-order valence-corrected chi connectivity index (χ4v) is 3.95. The smallest absolute Gasteiger partial charge is 0.325 e. The van der Waals surface area contributed by atoms with Crippen LogP contribution in [0.2, 0.25) is 0 Å². The second kappa shape index (κ2) is 5.45. The van der Waals surface area contributed by atoms with E-state index >= 15 is 0 Å². The van der Waals surface area contributed by atoms with Crippen LogP contribution >= 0.6 is 0 Å². The minimum absolute atomic E-state index is 0.177. The summed E-state index contributed by atoms with van der Waals surface area (Å²) < 4.78 is 22.9. The number of carbonyl (C=O) groups is 2. The summed E-state index contributed by atoms with van der Waals surface area (Å²) in [6.45, 7) is 3.93. The minimum Gasteiger partial charge on any atom is -0.368 e. The predicted octanol–water partition coefficient (Wildman–Crippen LogP) is 1.04. The molecule has 0 saturated carbocycles. The third-order valence-electron chi connectivity index (χ3n) is 5.41. The van der Waals surface area contributed by atoms with E-state index in [4.69, 9.17) is 5.73 Å². The molecule has 1 atom stereocenters. The topological polar surface area (TPSA) is 101 Å². The van der Waals surface area contributed by atoms with Crippen molar-refractivity contribution in [2.24, 2.45) is 5.73 Å². The SMILES string of the molecule is CC(C)(c1ccc(N2C[C@@]3(C(N)=O)[CH]CCN3C2=O)cc1)S(C)(=O)=O. The molecule has 2 fully saturated rings. The number of sulfone groups is 1. The Balaban J connectivity index is 1.92. The maximum Gasteiger partial charge on any atom is 0.325 e. The van der Waals surface area contributed by atoms with Crippen molar-refractivity contribution in [3.05, 3.63) is 36.2 Å². The summed E-state index contributed by atoms with van der Waals surface area (Å²) in [7, 11) is -3.29. The average molecular weight is 364 g/mol. The lowest BCUT2D eigenvalue weighted by Crippen LogP contribution is -2.53. The molecule has 2 aliphatic rings. The fourth-order valence-electron chi connectivity index (χ4n) is 3.38. The van der Waals surface area contributed by atoms with Gasteiger partial charge in [0.05, 0.1) is 11.3 Å². The van der Waals surface area contributed by atoms with Gasteiger partial charge in [-0.1, -0.05) is 12.1 Å². The molecule has 2 N–H and O–H groups in total. The van der Waals surface area contributed by atoms with Gasteiger partial charge in [0.2, 0.25) is 5.91 Å². The van der Waals surface area contributed by atoms with Gasteiger partial charge in [-0.25, -0.2) is 13.2 Å². The quantitative estimate of drug-likeness (QED) is 0.862. The molecule has 1 aromatic rings. The molecule has 2 heterocycles. The van der Waals surface area contributed by atoms with Crippen LogP contribution in [-0.4, -0.2) is 50.1 Å². The van der Waals surface area contributed by atoms with Crippen LogP contribution in [0.1, 0.15) is 25.8 Å². The fraction of sp³-hybridized carbons (Fsp3) is 0.471. The highest BCUT2D eigenvalue weighted by Gasteiger charge is 2.56. The molecule has 3 rings (SSSR count). The van der Waals surface area contributed by atoms with Gasteiger partial charge in [0.15, 0.2) is 9.84 Å². The van der Waals surface area contributed by atoms with Crippen LogP contribution in [-0.2, 0) is 19.4 Å². The Morgan fingerprint density at radius 2 is 1.84 bits per heavy atom. The van der Waals surface area contributed by atoms with Gasteiger partial charge in [-0.05, 0) is 38.0 Å². The lowest BCUT2D eigenvalue weighted by atomic mass is 9.96. The Bertz CT molecular complexity index is 832. The molecule has 0 aromatic heterocycles. The number of urea groups is 1. The normalized spacial score (nSPS) is 23.9. The minimum atomic E-state index is -3.29. The van der Waals surface area contributed by atoms with E-state index in [1.54, 1.807) is 44.5 Å². The molecule has 0 aliphatic carbocycles. The third kappa shape index (κ3) is 2.50. The molecule has 25 heavy (non-hydrogen) atoms. The van der Waals surface area contributed by atoms with E-state index in [2.05, 4.69) is 0 Å². The van der Waals surface area contributed by atoms with Gasteiger partial charge in [-0.2, -0.15) is 0 Å². The van der Waals surface area contributed by atoms with Crippen LogP contribution in [0, 0.1) is 6.42 Å². The zero-order chi connectivity index (χ0) is 18.6. The number of hydrogen-bond donors (Lipinski definition) is 1. The molecule has 2 saturated heterocycles. The number of nitrogens with zero attached hydrogens (tertiary/aromatic N) is 2. The molecular weight excluding hydrogens is 342 g/mol. The van der Waals surface area contributed by atoms with Gasteiger partial charge in [-0.3, -0.25) is 9.69 Å². The number of anilines is 1. The first kappa shape index (κ1) is 17.7. The molecular formula is C17H22N3O4S. The molecule has 0 spiro atoms. The van der Waals surface area contributed by atoms with E-state index < -0.39 is 26.0 Å². The maximum atomic E-state index is 12.7. The first-order valence-electron chi connectivity index (χ1n) is 8.04. The molecule has 8 heteroatoms. The summed E-state index contributed by atoms with van der Waals surface area (Å²) in [6.07, 6.45) is 3.64. The molecule has 135 valence electrons. The second-order valence-corrected chi connectivity index (χ2v) is 9.70. The van der Waals surface area contributed by atoms with Crippen LogP contribution < -0.4 is 10.6 Å². The summed E-state index contributed by atoms with van der Waals surface area (Å²) in [4.78, 5) is 27.6. The summed E-state index contributed by atoms with van der Waals surface area (Å²) in [5.74, 6) is -0.532. The predicted molar refractivity (Wildman–Crippen MR) is 94.6 cm³/mol. The number of rotatable bonds is 4. The van der Waals surface area contributed by atoms with Crippen molar-refractivity contribution in [1.82, 2.24) is 4.90 Å². The van der Waals surface area contributed by atoms with Gasteiger partial charge in [-0.15, -0.1) is 0 Å². The van der Waals surface area contributed by atoms with Gasteiger partial charge >= 0.3 is 6.03 Å². The van der Waals surface area contributed by atoms with E-state index in [0.717, 1.165) is 0 Å². The van der Waals surface area contributed by atoms with Crippen molar-refractivity contribution in [3.63, 3.8) is 0 Å². The van der Waals surface area contributed by atoms with Crippen molar-refractivity contribution in [2.75, 3.05) is 24.2 Å². The van der Waals surface area contributed by atoms with Gasteiger partial charge < -0.3 is 10.6 Å². The number of carbonyl (C=O) groups excluding carboxylic acids is 2. The first-order valence-corrected chi connectivity index (χ1v) is 9.93. The largest absolute Gasteiger partial charge is 0.368 e. The molecule has 1 aromatic carbocycles. The highest BCUT2D eigenvalue weighted by Crippen LogP contribution is 2.38. The summed E-state index contributed by atoms with van der Waals surface area (Å²) in [6, 6.07) is 6.55. The molecule has 0 bridgehead atoms. The molecule has 7 nitrogen and oxygen atoms in total. The number of fused-ring (bicyclic) bond motifs is 1. The number of amides is 3. The summed E-state index contributed by atoms with van der Waals surface area (Å²) in [5, 5.41) is 0. The Labute approximate surface area is 147 Å². The lowest BCUT2D eigenvalue weighted by molar-refractivity contribution is -0.124. The van der Waals surface area contributed by atoms with E-state index in [0.29, 0.717) is 24.2 Å². The van der Waals surface area contributed by atoms with Crippen LogP contribution in [0.25, 0.3) is 0 Å². The number of primary amides is 1. The number of hydrogen-bond acceptors (Lipinski definition) is 4. The zero-order valence-corrected chi connectivity index (χ0v) is 15.3. The van der Waals surface area contributed by atoms with E-state index in [9.17, 15) is 18.0 Å². The third-order valence-corrected chi connectivity index (χ3v) is 7.49. The first-order chi connectivity index (χ1) is 11.5. The van der Waals surface area contributed by atoms with Gasteiger partial charge in [0, 0.05) is 24.9 Å². The number of benzene rings is 1. The highest BCUT2D eigenvalue weighted by molar-refractivity contribution is 7.91. The van der Waals surface area contributed by atoms with Gasteiger partial charge in [0.1, 0.15) is 5.54 Å². The standard InChI is InChI=1S/C17H22N3O4S/c1-16(2,25(3,23)24)12-5-7-13(8-6-12)19-11-17(14(18)21)9-4-10-20(17)15(19)22/h5-9H,4,10-11H2,1-3H3,(H2,18,21)/t17-/m1/s1. The van der Waals surface area contributed by atoms with Crippen LogP contribution in [0.5, 0.6) is 0 Å². The Hall–Kier alpha value is -2.09. The van der Waals surface area contributed by atoms with Crippen molar-refractivity contribution in [3.8, 4) is 0 Å². The highest BCUT2D eigenvalue weighted by atomic mass is 32.2. The number of nitrogens with two attached hydrogens (primary N) is 1. The van der Waals surface area contributed by atoms with E-state index in [-0.39, 0.29) is 12.6 Å². The molecule has 0 unspecified atom stereocenters.